The van der Waals surface area contributed by atoms with Gasteiger partial charge in [-0.15, -0.1) is 0 Å². The molecule has 26 heavy (non-hydrogen) atoms. The van der Waals surface area contributed by atoms with E-state index in [1.54, 1.807) is 6.07 Å². The first-order valence-electron chi connectivity index (χ1n) is 9.22. The first-order valence-corrected chi connectivity index (χ1v) is 9.22. The highest BCUT2D eigenvalue weighted by Crippen LogP contribution is 2.54. The quantitative estimate of drug-likeness (QED) is 0.793. The molecule has 2 aliphatic carbocycles. The molecule has 0 radical (unpaired) electrons. The number of fused-ring (bicyclic) bond motifs is 3. The summed E-state index contributed by atoms with van der Waals surface area (Å²) < 4.78 is 5.77. The van der Waals surface area contributed by atoms with Crippen molar-refractivity contribution < 1.29 is 24.5 Å². The smallest absolute Gasteiger partial charge is 0.181 e. The van der Waals surface area contributed by atoms with Crippen molar-refractivity contribution in [2.75, 3.05) is 13.6 Å². The molecule has 1 unspecified atom stereocenters. The van der Waals surface area contributed by atoms with Crippen LogP contribution in [-0.4, -0.2) is 58.0 Å². The highest BCUT2D eigenvalue weighted by atomic mass is 16.5. The number of carbonyl (C=O) groups excluding carboxylic acids is 2. The van der Waals surface area contributed by atoms with E-state index in [-0.39, 0.29) is 23.7 Å². The lowest BCUT2D eigenvalue weighted by Crippen LogP contribution is -2.64. The zero-order valence-electron chi connectivity index (χ0n) is 15.4. The lowest BCUT2D eigenvalue weighted by Gasteiger charge is -2.45. The summed E-state index contributed by atoms with van der Waals surface area (Å²) in [6, 6.07) is 2.77. The predicted octanol–water partition coefficient (Wildman–Crippen LogP) is 1.55. The molecule has 4 rings (SSSR count). The average Bonchev–Trinajstić information content (AvgIpc) is 3.30. The molecular formula is C20H25NO5. The molecule has 1 aromatic rings. The molecule has 2 N–H and O–H groups in total. The summed E-state index contributed by atoms with van der Waals surface area (Å²) >= 11 is 0. The van der Waals surface area contributed by atoms with Gasteiger partial charge in [0.2, 0.25) is 0 Å². The molecule has 4 atom stereocenters. The topological polar surface area (TPSA) is 87.1 Å². The Hall–Kier alpha value is -1.92. The van der Waals surface area contributed by atoms with Gasteiger partial charge in [-0.1, -0.05) is 6.07 Å². The third-order valence-electron chi connectivity index (χ3n) is 6.37. The molecule has 6 heteroatoms. The highest BCUT2D eigenvalue weighted by Gasteiger charge is 2.62. The van der Waals surface area contributed by atoms with Crippen molar-refractivity contribution in [3.63, 3.8) is 0 Å². The number of aliphatic hydroxyl groups is 1. The number of carbonyl (C=O) groups is 2. The second-order valence-electron chi connectivity index (χ2n) is 8.11. The van der Waals surface area contributed by atoms with Gasteiger partial charge in [0.05, 0.1) is 12.3 Å². The van der Waals surface area contributed by atoms with Gasteiger partial charge in [-0.25, -0.2) is 0 Å². The number of hydrogen-bond donors (Lipinski definition) is 2. The zero-order valence-corrected chi connectivity index (χ0v) is 15.4. The largest absolute Gasteiger partial charge is 0.504 e. The molecule has 2 fully saturated rings. The molecule has 3 aliphatic rings. The third kappa shape index (κ3) is 2.39. The molecule has 1 heterocycles. The van der Waals surface area contributed by atoms with E-state index in [0.29, 0.717) is 11.5 Å². The first kappa shape index (κ1) is 17.5. The lowest BCUT2D eigenvalue weighted by atomic mass is 9.66. The van der Waals surface area contributed by atoms with Crippen LogP contribution in [0.15, 0.2) is 12.1 Å². The van der Waals surface area contributed by atoms with Crippen molar-refractivity contribution in [2.45, 2.75) is 56.8 Å². The standard InChI is InChI=1S/C20H25NO5/c1-10-4-7-13(22)18-16(10)17-19(26-18)14(23)8-15(24)20(17,25)11(2)21(3)9-12-5-6-12/h4,7,11-12,17,19,22,25H,5-6,8-9H2,1-3H3/t11-,17?,19+,20+/m1/s1. The highest BCUT2D eigenvalue weighted by molar-refractivity contribution is 6.10. The third-order valence-corrected chi connectivity index (χ3v) is 6.37. The minimum absolute atomic E-state index is 0.0680. The lowest BCUT2D eigenvalue weighted by molar-refractivity contribution is -0.162. The van der Waals surface area contributed by atoms with Crippen molar-refractivity contribution >= 4 is 11.6 Å². The van der Waals surface area contributed by atoms with E-state index >= 15 is 0 Å². The van der Waals surface area contributed by atoms with Crippen LogP contribution < -0.4 is 4.74 Å². The molecule has 0 amide bonds. The van der Waals surface area contributed by atoms with E-state index in [1.165, 1.54) is 18.9 Å². The molecule has 2 saturated carbocycles. The fourth-order valence-corrected chi connectivity index (χ4v) is 4.51. The number of ether oxygens (including phenoxy) is 1. The van der Waals surface area contributed by atoms with Crippen LogP contribution in [0.25, 0.3) is 0 Å². The molecular weight excluding hydrogens is 334 g/mol. The number of phenols is 1. The first-order chi connectivity index (χ1) is 12.2. The van der Waals surface area contributed by atoms with Crippen LogP contribution in [0, 0.1) is 12.8 Å². The molecule has 140 valence electrons. The number of ketones is 2. The van der Waals surface area contributed by atoms with Gasteiger partial charge in [-0.05, 0) is 51.3 Å². The van der Waals surface area contributed by atoms with E-state index in [9.17, 15) is 19.8 Å². The fourth-order valence-electron chi connectivity index (χ4n) is 4.51. The second-order valence-corrected chi connectivity index (χ2v) is 8.11. The van der Waals surface area contributed by atoms with Gasteiger partial charge in [0.1, 0.15) is 5.60 Å². The van der Waals surface area contributed by atoms with Crippen LogP contribution in [0.4, 0.5) is 0 Å². The van der Waals surface area contributed by atoms with Crippen molar-refractivity contribution in [3.05, 3.63) is 23.3 Å². The predicted molar refractivity (Wildman–Crippen MR) is 94.4 cm³/mol. The summed E-state index contributed by atoms with van der Waals surface area (Å²) in [6.07, 6.45) is 1.07. The summed E-state index contributed by atoms with van der Waals surface area (Å²) in [5.74, 6) is -0.829. The van der Waals surface area contributed by atoms with Gasteiger partial charge in [0.25, 0.3) is 0 Å². The Morgan fingerprint density at radius 3 is 2.69 bits per heavy atom. The van der Waals surface area contributed by atoms with Gasteiger partial charge < -0.3 is 19.8 Å². The number of Topliss-reactive ketones (excluding diaryl/α,β-unsaturated/α-hetero) is 2. The van der Waals surface area contributed by atoms with Crippen LogP contribution >= 0.6 is 0 Å². The van der Waals surface area contributed by atoms with Gasteiger partial charge in [-0.3, -0.25) is 9.59 Å². The summed E-state index contributed by atoms with van der Waals surface area (Å²) in [5.41, 5.74) is -0.361. The number of aromatic hydroxyl groups is 1. The van der Waals surface area contributed by atoms with E-state index in [1.807, 2.05) is 25.8 Å². The Morgan fingerprint density at radius 2 is 2.04 bits per heavy atom. The van der Waals surface area contributed by atoms with Crippen LogP contribution in [0.1, 0.15) is 43.2 Å². The summed E-state index contributed by atoms with van der Waals surface area (Å²) in [7, 11) is 1.91. The summed E-state index contributed by atoms with van der Waals surface area (Å²) in [4.78, 5) is 27.4. The molecule has 0 bridgehead atoms. The maximum atomic E-state index is 12.9. The molecule has 1 aromatic carbocycles. The Morgan fingerprint density at radius 1 is 1.35 bits per heavy atom. The van der Waals surface area contributed by atoms with E-state index in [4.69, 9.17) is 4.74 Å². The number of hydrogen-bond acceptors (Lipinski definition) is 6. The molecule has 0 aromatic heterocycles. The SMILES string of the molecule is Cc1ccc(O)c2c1C1[C@@H](O2)C(=O)CC(=O)[C@@]1(O)[C@@H](C)N(C)CC1CC1. The van der Waals surface area contributed by atoms with E-state index in [0.717, 1.165) is 12.1 Å². The van der Waals surface area contributed by atoms with Crippen molar-refractivity contribution in [1.29, 1.82) is 0 Å². The minimum Gasteiger partial charge on any atom is -0.504 e. The van der Waals surface area contributed by atoms with Crippen molar-refractivity contribution in [3.8, 4) is 11.5 Å². The maximum Gasteiger partial charge on any atom is 0.181 e. The number of rotatable bonds is 4. The Balaban J connectivity index is 1.80. The minimum atomic E-state index is -1.73. The fraction of sp³-hybridized carbons (Fsp3) is 0.600. The molecule has 0 spiro atoms. The molecule has 0 saturated heterocycles. The Labute approximate surface area is 152 Å². The van der Waals surface area contributed by atoms with Gasteiger partial charge >= 0.3 is 0 Å². The maximum absolute atomic E-state index is 12.9. The van der Waals surface area contributed by atoms with E-state index < -0.39 is 29.4 Å². The Kier molecular flexibility index (Phi) is 3.90. The van der Waals surface area contributed by atoms with Crippen LogP contribution in [0.2, 0.25) is 0 Å². The number of likely N-dealkylation sites (N-methyl/N-ethyl adjacent to an activating group) is 1. The Bertz CT molecular complexity index is 787. The van der Waals surface area contributed by atoms with Gasteiger partial charge in [0.15, 0.2) is 29.2 Å². The second kappa shape index (κ2) is 5.79. The summed E-state index contributed by atoms with van der Waals surface area (Å²) in [6.45, 7) is 4.49. The van der Waals surface area contributed by atoms with Crippen molar-refractivity contribution in [2.24, 2.45) is 5.92 Å². The van der Waals surface area contributed by atoms with Crippen molar-refractivity contribution in [1.82, 2.24) is 4.90 Å². The van der Waals surface area contributed by atoms with E-state index in [2.05, 4.69) is 0 Å². The number of phenolic OH excluding ortho intramolecular Hbond substituents is 1. The zero-order chi connectivity index (χ0) is 18.8. The van der Waals surface area contributed by atoms with Gasteiger partial charge in [0, 0.05) is 18.2 Å². The average molecular weight is 359 g/mol. The summed E-state index contributed by atoms with van der Waals surface area (Å²) in [5, 5.41) is 21.8. The number of nitrogens with zero attached hydrogens (tertiary/aromatic N) is 1. The van der Waals surface area contributed by atoms with Crippen LogP contribution in [-0.2, 0) is 9.59 Å². The monoisotopic (exact) mass is 359 g/mol. The van der Waals surface area contributed by atoms with Crippen LogP contribution in [0.3, 0.4) is 0 Å². The van der Waals surface area contributed by atoms with Crippen LogP contribution in [0.5, 0.6) is 11.5 Å². The number of aryl methyl sites for hydroxylation is 1. The number of benzene rings is 1. The normalized spacial score (nSPS) is 31.6. The van der Waals surface area contributed by atoms with Gasteiger partial charge in [-0.2, -0.15) is 0 Å². The molecule has 6 nitrogen and oxygen atoms in total. The molecule has 1 aliphatic heterocycles.